The molecule has 0 saturated carbocycles. The number of thioether (sulfide) groups is 1. The van der Waals surface area contributed by atoms with Crippen molar-refractivity contribution >= 4 is 34.4 Å². The van der Waals surface area contributed by atoms with Crippen molar-refractivity contribution in [2.75, 3.05) is 26.2 Å². The van der Waals surface area contributed by atoms with Crippen molar-refractivity contribution in [3.05, 3.63) is 18.0 Å². The summed E-state index contributed by atoms with van der Waals surface area (Å²) in [6.45, 7) is 2.17. The Morgan fingerprint density at radius 2 is 1.95 bits per heavy atom. The molecule has 0 aliphatic rings. The number of imidazole rings is 1. The Kier molecular flexibility index (Phi) is 5.05. The first-order valence-corrected chi connectivity index (χ1v) is 8.26. The average Bonchev–Trinajstić information content (AvgIpc) is 2.83. The van der Waals surface area contributed by atoms with E-state index in [9.17, 15) is 0 Å². The molecule has 0 radical (unpaired) electrons. The van der Waals surface area contributed by atoms with Crippen molar-refractivity contribution in [3.8, 4) is 11.5 Å². The maximum atomic E-state index is 6.04. The van der Waals surface area contributed by atoms with Crippen molar-refractivity contribution in [2.24, 2.45) is 0 Å². The molecule has 0 N–H and O–H groups in total. The van der Waals surface area contributed by atoms with Gasteiger partial charge in [-0.1, -0.05) is 0 Å². The van der Waals surface area contributed by atoms with Gasteiger partial charge in [0, 0.05) is 23.9 Å². The lowest BCUT2D eigenvalue weighted by Crippen LogP contribution is -2.10. The van der Waals surface area contributed by atoms with Gasteiger partial charge in [-0.15, -0.1) is 11.6 Å². The highest BCUT2D eigenvalue weighted by Gasteiger charge is 2.18. The van der Waals surface area contributed by atoms with Crippen LogP contribution >= 0.6 is 23.4 Å². The monoisotopic (exact) mass is 314 g/mol. The van der Waals surface area contributed by atoms with Gasteiger partial charge >= 0.3 is 0 Å². The van der Waals surface area contributed by atoms with Crippen LogP contribution in [0.3, 0.4) is 0 Å². The topological polar surface area (TPSA) is 36.3 Å². The van der Waals surface area contributed by atoms with Gasteiger partial charge in [-0.3, -0.25) is 0 Å². The Morgan fingerprint density at radius 3 is 2.50 bits per heavy atom. The second kappa shape index (κ2) is 6.59. The van der Waals surface area contributed by atoms with Crippen LogP contribution in [0, 0.1) is 0 Å². The molecule has 1 aromatic carbocycles. The molecule has 0 amide bonds. The highest BCUT2D eigenvalue weighted by molar-refractivity contribution is 7.98. The number of methoxy groups -OCH3 is 2. The largest absolute Gasteiger partial charge is 0.493 e. The molecule has 1 heterocycles. The summed E-state index contributed by atoms with van der Waals surface area (Å²) in [6, 6.07) is 4.18. The van der Waals surface area contributed by atoms with E-state index in [1.165, 1.54) is 0 Å². The predicted octanol–water partition coefficient (Wildman–Crippen LogP) is 3.72. The molecule has 0 aliphatic carbocycles. The van der Waals surface area contributed by atoms with E-state index < -0.39 is 0 Å². The number of ether oxygens (including phenoxy) is 2. The van der Waals surface area contributed by atoms with E-state index in [0.717, 1.165) is 22.6 Å². The third kappa shape index (κ3) is 2.69. The molecule has 2 aromatic rings. The molecule has 0 spiro atoms. The highest BCUT2D eigenvalue weighted by Crippen LogP contribution is 2.34. The quantitative estimate of drug-likeness (QED) is 0.761. The molecule has 0 fully saturated rings. The molecule has 0 aliphatic heterocycles. The number of alkyl halides is 1. The van der Waals surface area contributed by atoms with E-state index in [1.54, 1.807) is 26.0 Å². The minimum Gasteiger partial charge on any atom is -0.493 e. The van der Waals surface area contributed by atoms with E-state index >= 15 is 0 Å². The SMILES string of the molecule is COc1cc2nc(CCl)n(C(C)CSC)c2cc1OC. The Bertz CT molecular complexity index is 600. The number of nitrogens with zero attached hydrogens (tertiary/aromatic N) is 2. The van der Waals surface area contributed by atoms with Gasteiger partial charge < -0.3 is 14.0 Å². The van der Waals surface area contributed by atoms with Crippen LogP contribution in [-0.4, -0.2) is 35.8 Å². The first-order chi connectivity index (χ1) is 9.65. The Hall–Kier alpha value is -1.07. The fraction of sp³-hybridized carbons (Fsp3) is 0.500. The van der Waals surface area contributed by atoms with Crippen LogP contribution < -0.4 is 9.47 Å². The van der Waals surface area contributed by atoms with E-state index in [2.05, 4.69) is 22.7 Å². The lowest BCUT2D eigenvalue weighted by Gasteiger charge is -2.16. The Balaban J connectivity index is 2.65. The fourth-order valence-electron chi connectivity index (χ4n) is 2.37. The van der Waals surface area contributed by atoms with Crippen LogP contribution in [0.15, 0.2) is 12.1 Å². The van der Waals surface area contributed by atoms with Gasteiger partial charge in [-0.25, -0.2) is 4.98 Å². The highest BCUT2D eigenvalue weighted by atomic mass is 35.5. The van der Waals surface area contributed by atoms with Gasteiger partial charge in [0.05, 0.1) is 31.1 Å². The smallest absolute Gasteiger partial charge is 0.163 e. The number of hydrogen-bond donors (Lipinski definition) is 0. The van der Waals surface area contributed by atoms with Crippen molar-refractivity contribution in [1.82, 2.24) is 9.55 Å². The summed E-state index contributed by atoms with van der Waals surface area (Å²) in [5.74, 6) is 3.65. The maximum absolute atomic E-state index is 6.04. The normalized spacial score (nSPS) is 12.7. The van der Waals surface area contributed by atoms with Crippen LogP contribution in [0.2, 0.25) is 0 Å². The van der Waals surface area contributed by atoms with Crippen molar-refractivity contribution in [2.45, 2.75) is 18.8 Å². The summed E-state index contributed by atoms with van der Waals surface area (Å²) in [7, 11) is 3.26. The minimum absolute atomic E-state index is 0.321. The number of benzene rings is 1. The maximum Gasteiger partial charge on any atom is 0.163 e. The van der Waals surface area contributed by atoms with Gasteiger partial charge in [0.1, 0.15) is 5.82 Å². The van der Waals surface area contributed by atoms with Gasteiger partial charge in [0.2, 0.25) is 0 Å². The van der Waals surface area contributed by atoms with Crippen molar-refractivity contribution in [1.29, 1.82) is 0 Å². The molecule has 1 unspecified atom stereocenters. The molecule has 20 heavy (non-hydrogen) atoms. The molecule has 1 atom stereocenters. The van der Waals surface area contributed by atoms with Gasteiger partial charge in [0.15, 0.2) is 11.5 Å². The van der Waals surface area contributed by atoms with E-state index in [4.69, 9.17) is 21.1 Å². The molecule has 2 rings (SSSR count). The van der Waals surface area contributed by atoms with Gasteiger partial charge in [0.25, 0.3) is 0 Å². The Labute approximate surface area is 128 Å². The molecule has 110 valence electrons. The number of aromatic nitrogens is 2. The molecule has 4 nitrogen and oxygen atoms in total. The number of hydrogen-bond acceptors (Lipinski definition) is 4. The van der Waals surface area contributed by atoms with Crippen LogP contribution in [0.4, 0.5) is 0 Å². The van der Waals surface area contributed by atoms with Crippen molar-refractivity contribution < 1.29 is 9.47 Å². The van der Waals surface area contributed by atoms with E-state index in [-0.39, 0.29) is 0 Å². The van der Waals surface area contributed by atoms with Crippen LogP contribution in [0.5, 0.6) is 11.5 Å². The zero-order chi connectivity index (χ0) is 14.7. The predicted molar refractivity (Wildman–Crippen MR) is 85.5 cm³/mol. The summed E-state index contributed by atoms with van der Waals surface area (Å²) < 4.78 is 12.9. The zero-order valence-electron chi connectivity index (χ0n) is 12.1. The third-order valence-electron chi connectivity index (χ3n) is 3.24. The van der Waals surface area contributed by atoms with Gasteiger partial charge in [-0.05, 0) is 13.2 Å². The number of fused-ring (bicyclic) bond motifs is 1. The van der Waals surface area contributed by atoms with Crippen molar-refractivity contribution in [3.63, 3.8) is 0 Å². The molecule has 0 saturated heterocycles. The minimum atomic E-state index is 0.321. The number of rotatable bonds is 6. The Morgan fingerprint density at radius 1 is 1.30 bits per heavy atom. The second-order valence-corrected chi connectivity index (χ2v) is 5.71. The molecule has 6 heteroatoms. The zero-order valence-corrected chi connectivity index (χ0v) is 13.7. The summed E-state index contributed by atoms with van der Waals surface area (Å²) in [5.41, 5.74) is 1.91. The molecule has 0 bridgehead atoms. The van der Waals surface area contributed by atoms with E-state index in [1.807, 2.05) is 12.1 Å². The fourth-order valence-corrected chi connectivity index (χ4v) is 3.19. The standard InChI is InChI=1S/C14H19ClN2O2S/c1-9(8-20-4)17-11-6-13(19-3)12(18-2)5-10(11)16-14(17)7-15/h5-6,9H,7-8H2,1-4H3. The summed E-state index contributed by atoms with van der Waals surface area (Å²) in [4.78, 5) is 4.60. The molecule has 1 aromatic heterocycles. The van der Waals surface area contributed by atoms with Crippen LogP contribution in [0.1, 0.15) is 18.8 Å². The third-order valence-corrected chi connectivity index (χ3v) is 4.29. The average molecular weight is 315 g/mol. The summed E-state index contributed by atoms with van der Waals surface area (Å²) >= 11 is 7.85. The molecular weight excluding hydrogens is 296 g/mol. The number of halogens is 1. The summed E-state index contributed by atoms with van der Waals surface area (Å²) in [6.07, 6.45) is 2.10. The van der Waals surface area contributed by atoms with Crippen LogP contribution in [0.25, 0.3) is 11.0 Å². The van der Waals surface area contributed by atoms with E-state index in [0.29, 0.717) is 23.4 Å². The lowest BCUT2D eigenvalue weighted by atomic mass is 10.2. The lowest BCUT2D eigenvalue weighted by molar-refractivity contribution is 0.355. The second-order valence-electron chi connectivity index (χ2n) is 4.53. The first kappa shape index (κ1) is 15.3. The molecular formula is C14H19ClN2O2S. The van der Waals surface area contributed by atoms with Gasteiger partial charge in [-0.2, -0.15) is 11.8 Å². The van der Waals surface area contributed by atoms with Crippen LogP contribution in [-0.2, 0) is 5.88 Å². The first-order valence-electron chi connectivity index (χ1n) is 6.34. The summed E-state index contributed by atoms with van der Waals surface area (Å²) in [5, 5.41) is 0.